The van der Waals surface area contributed by atoms with Gasteiger partial charge in [-0.15, -0.1) is 13.2 Å². The Morgan fingerprint density at radius 1 is 1.29 bits per heavy atom. The third-order valence-corrected chi connectivity index (χ3v) is 2.11. The van der Waals surface area contributed by atoms with Crippen molar-refractivity contribution in [2.75, 3.05) is 0 Å². The molecule has 1 aromatic carbocycles. The molecule has 0 saturated heterocycles. The molecule has 0 unspecified atom stereocenters. The van der Waals surface area contributed by atoms with Gasteiger partial charge in [0.1, 0.15) is 17.4 Å². The maximum absolute atomic E-state index is 12.0. The zero-order valence-electron chi connectivity index (χ0n) is 11.3. The molecule has 112 valence electrons. The van der Waals surface area contributed by atoms with Crippen LogP contribution in [0.5, 0.6) is 5.75 Å². The second-order valence-electron chi connectivity index (χ2n) is 4.24. The van der Waals surface area contributed by atoms with Crippen LogP contribution in [0.3, 0.4) is 0 Å². The van der Waals surface area contributed by atoms with Crippen molar-refractivity contribution in [2.45, 2.75) is 26.3 Å². The predicted octanol–water partition coefficient (Wildman–Crippen LogP) is 3.44. The summed E-state index contributed by atoms with van der Waals surface area (Å²) in [6.07, 6.45) is -3.92. The Hall–Kier alpha value is -2.49. The molecule has 0 heterocycles. The molecule has 0 fully saturated rings. The standard InChI is InChI=1S/C14H12F3NO3/c1-9(2)20-13(19)11(8-18)7-10-3-5-12(6-4-10)21-14(15,16)17/h3-7,9H,1-2H3. The second-order valence-corrected chi connectivity index (χ2v) is 4.24. The number of alkyl halides is 3. The monoisotopic (exact) mass is 299 g/mol. The van der Waals surface area contributed by atoms with Crippen LogP contribution in [0.25, 0.3) is 6.08 Å². The van der Waals surface area contributed by atoms with Crippen LogP contribution in [-0.2, 0) is 9.53 Å². The van der Waals surface area contributed by atoms with Gasteiger partial charge >= 0.3 is 12.3 Å². The van der Waals surface area contributed by atoms with Gasteiger partial charge in [0.2, 0.25) is 0 Å². The maximum atomic E-state index is 12.0. The predicted molar refractivity (Wildman–Crippen MR) is 67.9 cm³/mol. The number of nitriles is 1. The number of carbonyl (C=O) groups is 1. The van der Waals surface area contributed by atoms with Crippen LogP contribution in [0.2, 0.25) is 0 Å². The molecule has 0 atom stereocenters. The SMILES string of the molecule is CC(C)OC(=O)C(C#N)=Cc1ccc(OC(F)(F)F)cc1. The van der Waals surface area contributed by atoms with Crippen LogP contribution >= 0.6 is 0 Å². The maximum Gasteiger partial charge on any atom is 0.573 e. The number of nitrogens with zero attached hydrogens (tertiary/aromatic N) is 1. The van der Waals surface area contributed by atoms with Gasteiger partial charge in [0.25, 0.3) is 0 Å². The first-order valence-electron chi connectivity index (χ1n) is 5.90. The first-order valence-corrected chi connectivity index (χ1v) is 5.90. The van der Waals surface area contributed by atoms with Crippen molar-refractivity contribution in [2.24, 2.45) is 0 Å². The van der Waals surface area contributed by atoms with Crippen molar-refractivity contribution in [1.82, 2.24) is 0 Å². The molecule has 0 aliphatic heterocycles. The molecule has 0 saturated carbocycles. The molecule has 7 heteroatoms. The number of halogens is 3. The minimum absolute atomic E-state index is 0.242. The molecule has 1 rings (SSSR count). The topological polar surface area (TPSA) is 59.3 Å². The van der Waals surface area contributed by atoms with Crippen molar-refractivity contribution in [3.8, 4) is 11.8 Å². The Morgan fingerprint density at radius 3 is 2.29 bits per heavy atom. The summed E-state index contributed by atoms with van der Waals surface area (Å²) >= 11 is 0. The lowest BCUT2D eigenvalue weighted by molar-refractivity contribution is -0.274. The highest BCUT2D eigenvalue weighted by Gasteiger charge is 2.30. The molecule has 0 amide bonds. The molecule has 0 aromatic heterocycles. The van der Waals surface area contributed by atoms with E-state index < -0.39 is 12.3 Å². The van der Waals surface area contributed by atoms with Crippen LogP contribution in [0.1, 0.15) is 19.4 Å². The third-order valence-electron chi connectivity index (χ3n) is 2.11. The quantitative estimate of drug-likeness (QED) is 0.485. The second kappa shape index (κ2) is 6.79. The van der Waals surface area contributed by atoms with E-state index in [1.807, 2.05) is 0 Å². The summed E-state index contributed by atoms with van der Waals surface area (Å²) in [5, 5.41) is 8.89. The van der Waals surface area contributed by atoms with E-state index >= 15 is 0 Å². The van der Waals surface area contributed by atoms with Gasteiger partial charge in [-0.05, 0) is 37.6 Å². The van der Waals surface area contributed by atoms with Gasteiger partial charge in [0.15, 0.2) is 0 Å². The zero-order chi connectivity index (χ0) is 16.0. The van der Waals surface area contributed by atoms with Crippen LogP contribution in [0.4, 0.5) is 13.2 Å². The van der Waals surface area contributed by atoms with Gasteiger partial charge in [-0.2, -0.15) is 5.26 Å². The largest absolute Gasteiger partial charge is 0.573 e. The molecule has 0 spiro atoms. The fourth-order valence-electron chi connectivity index (χ4n) is 1.35. The summed E-state index contributed by atoms with van der Waals surface area (Å²) in [6.45, 7) is 3.27. The number of benzene rings is 1. The van der Waals surface area contributed by atoms with Gasteiger partial charge in [0, 0.05) is 0 Å². The van der Waals surface area contributed by atoms with Crippen molar-refractivity contribution >= 4 is 12.0 Å². The van der Waals surface area contributed by atoms with Gasteiger partial charge < -0.3 is 9.47 Å². The van der Waals surface area contributed by atoms with E-state index in [9.17, 15) is 18.0 Å². The van der Waals surface area contributed by atoms with Crippen LogP contribution in [0.15, 0.2) is 29.8 Å². The molecule has 0 aliphatic carbocycles. The Labute approximate surface area is 119 Å². The van der Waals surface area contributed by atoms with E-state index in [-0.39, 0.29) is 17.4 Å². The number of hydrogen-bond donors (Lipinski definition) is 0. The van der Waals surface area contributed by atoms with E-state index in [0.717, 1.165) is 12.1 Å². The van der Waals surface area contributed by atoms with Crippen LogP contribution in [0, 0.1) is 11.3 Å². The summed E-state index contributed by atoms with van der Waals surface area (Å²) < 4.78 is 44.6. The zero-order valence-corrected chi connectivity index (χ0v) is 11.3. The summed E-state index contributed by atoms with van der Waals surface area (Å²) in [5.41, 5.74) is 0.134. The highest BCUT2D eigenvalue weighted by atomic mass is 19.4. The first-order chi connectivity index (χ1) is 9.71. The van der Waals surface area contributed by atoms with E-state index in [4.69, 9.17) is 10.00 Å². The van der Waals surface area contributed by atoms with Crippen molar-refractivity contribution in [3.05, 3.63) is 35.4 Å². The van der Waals surface area contributed by atoms with Gasteiger partial charge in [-0.25, -0.2) is 4.79 Å². The number of rotatable bonds is 4. The summed E-state index contributed by atoms with van der Waals surface area (Å²) in [4.78, 5) is 11.6. The van der Waals surface area contributed by atoms with Crippen molar-refractivity contribution in [3.63, 3.8) is 0 Å². The lowest BCUT2D eigenvalue weighted by Crippen LogP contribution is -2.17. The molecule has 1 aromatic rings. The van der Waals surface area contributed by atoms with Crippen LogP contribution in [-0.4, -0.2) is 18.4 Å². The molecular weight excluding hydrogens is 287 g/mol. The lowest BCUT2D eigenvalue weighted by atomic mass is 10.1. The van der Waals surface area contributed by atoms with Gasteiger partial charge in [-0.3, -0.25) is 0 Å². The Morgan fingerprint density at radius 2 is 1.86 bits per heavy atom. The molecule has 0 N–H and O–H groups in total. The van der Waals surface area contributed by atoms with E-state index in [0.29, 0.717) is 5.56 Å². The fourth-order valence-corrected chi connectivity index (χ4v) is 1.35. The van der Waals surface area contributed by atoms with E-state index in [1.54, 1.807) is 19.9 Å². The molecule has 4 nitrogen and oxygen atoms in total. The number of ether oxygens (including phenoxy) is 2. The van der Waals surface area contributed by atoms with Crippen molar-refractivity contribution in [1.29, 1.82) is 5.26 Å². The lowest BCUT2D eigenvalue weighted by Gasteiger charge is -2.09. The van der Waals surface area contributed by atoms with Crippen LogP contribution < -0.4 is 4.74 Å². The van der Waals surface area contributed by atoms with Gasteiger partial charge in [-0.1, -0.05) is 12.1 Å². The summed E-state index contributed by atoms with van der Waals surface area (Å²) in [7, 11) is 0. The molecule has 0 aliphatic rings. The van der Waals surface area contributed by atoms with Gasteiger partial charge in [0.05, 0.1) is 6.10 Å². The molecule has 0 radical (unpaired) electrons. The Kier molecular flexibility index (Phi) is 5.36. The fraction of sp³-hybridized carbons (Fsp3) is 0.286. The number of hydrogen-bond acceptors (Lipinski definition) is 4. The minimum Gasteiger partial charge on any atom is -0.459 e. The molecule has 21 heavy (non-hydrogen) atoms. The Balaban J connectivity index is 2.88. The average Bonchev–Trinajstić information content (AvgIpc) is 2.35. The summed E-state index contributed by atoms with van der Waals surface area (Å²) in [6, 6.07) is 6.44. The highest BCUT2D eigenvalue weighted by Crippen LogP contribution is 2.23. The van der Waals surface area contributed by atoms with Crippen molar-refractivity contribution < 1.29 is 27.4 Å². The van der Waals surface area contributed by atoms with E-state index in [1.165, 1.54) is 18.2 Å². The summed E-state index contributed by atoms with van der Waals surface area (Å²) in [5.74, 6) is -1.17. The molecular formula is C14H12F3NO3. The van der Waals surface area contributed by atoms with E-state index in [2.05, 4.69) is 4.74 Å². The normalized spacial score (nSPS) is 12.0. The average molecular weight is 299 g/mol. The first kappa shape index (κ1) is 16.6. The minimum atomic E-state index is -4.77. The Bertz CT molecular complexity index is 569. The smallest absolute Gasteiger partial charge is 0.459 e. The molecule has 0 bridgehead atoms. The number of esters is 1. The highest BCUT2D eigenvalue weighted by molar-refractivity contribution is 5.97. The third kappa shape index (κ3) is 5.99. The number of carbonyl (C=O) groups excluding carboxylic acids is 1.